The molecule has 1 heterocycles. The number of carboxylic acids is 1. The van der Waals surface area contributed by atoms with E-state index in [4.69, 9.17) is 9.47 Å². The Morgan fingerprint density at radius 1 is 1.16 bits per heavy atom. The van der Waals surface area contributed by atoms with Gasteiger partial charge in [0.25, 0.3) is 0 Å². The normalized spacial score (nSPS) is 17.3. The zero-order chi connectivity index (χ0) is 24.4. The molecule has 2 rings (SSSR count). The van der Waals surface area contributed by atoms with Gasteiger partial charge in [-0.05, 0) is 33.8 Å². The summed E-state index contributed by atoms with van der Waals surface area (Å²) in [5.74, 6) is -5.66. The highest BCUT2D eigenvalue weighted by molar-refractivity contribution is 5.99. The van der Waals surface area contributed by atoms with Crippen LogP contribution in [-0.4, -0.2) is 48.3 Å². The van der Waals surface area contributed by atoms with Crippen molar-refractivity contribution < 1.29 is 41.7 Å². The average molecular weight is 459 g/mol. The molecule has 0 bridgehead atoms. The number of halogens is 4. The Bertz CT molecular complexity index is 966. The predicted octanol–water partition coefficient (Wildman–Crippen LogP) is 4.47. The highest BCUT2D eigenvalue weighted by Crippen LogP contribution is 2.45. The molecule has 0 saturated carbocycles. The van der Waals surface area contributed by atoms with Gasteiger partial charge in [-0.15, -0.1) is 0 Å². The van der Waals surface area contributed by atoms with Gasteiger partial charge in [0.1, 0.15) is 5.82 Å². The Morgan fingerprint density at radius 2 is 1.75 bits per heavy atom. The summed E-state index contributed by atoms with van der Waals surface area (Å²) in [6.45, 7) is 6.44. The Labute approximate surface area is 183 Å². The monoisotopic (exact) mass is 459 g/mol. The average Bonchev–Trinajstić information content (AvgIpc) is 2.65. The number of carboxylic acid groups (broad SMARTS) is 1. The van der Waals surface area contributed by atoms with Crippen molar-refractivity contribution in [1.82, 2.24) is 4.90 Å². The maximum absolute atomic E-state index is 15.1. The second-order valence-corrected chi connectivity index (χ2v) is 7.54. The summed E-state index contributed by atoms with van der Waals surface area (Å²) >= 11 is 0. The van der Waals surface area contributed by atoms with Crippen LogP contribution in [0, 0.1) is 5.82 Å². The number of carbonyl (C=O) groups is 2. The van der Waals surface area contributed by atoms with Gasteiger partial charge in [0, 0.05) is 30.6 Å². The van der Waals surface area contributed by atoms with Gasteiger partial charge < -0.3 is 19.5 Å². The smallest absolute Gasteiger partial charge is 0.419 e. The molecule has 6 nitrogen and oxygen atoms in total. The summed E-state index contributed by atoms with van der Waals surface area (Å²) in [4.78, 5) is 26.7. The molecule has 0 spiro atoms. The number of esters is 1. The van der Waals surface area contributed by atoms with Crippen LogP contribution < -0.4 is 0 Å². The van der Waals surface area contributed by atoms with Crippen molar-refractivity contribution in [2.75, 3.05) is 20.3 Å². The molecular formula is C22H25F4NO5. The number of alkyl halides is 3. The standard InChI is InChI=1S/C22H25F4NO5/c1-11(2)32-21(30)17-13(4)27(9-10-31-5)12(3)16(20(28)29)18(17)14-7-6-8-15(19(14)23)22(24,25)26/h6-8,11,18H,9-10H2,1-5H3,(H,28,29). The zero-order valence-electron chi connectivity index (χ0n) is 18.3. The topological polar surface area (TPSA) is 76.1 Å². The number of benzene rings is 1. The number of allylic oxidation sites excluding steroid dienone is 2. The van der Waals surface area contributed by atoms with E-state index in [9.17, 15) is 27.9 Å². The molecule has 0 amide bonds. The number of hydrogen-bond acceptors (Lipinski definition) is 5. The van der Waals surface area contributed by atoms with Crippen molar-refractivity contribution in [3.63, 3.8) is 0 Å². The maximum Gasteiger partial charge on any atom is 0.419 e. The lowest BCUT2D eigenvalue weighted by atomic mass is 9.79. The number of methoxy groups -OCH3 is 1. The molecule has 1 aliphatic rings. The van der Waals surface area contributed by atoms with Crippen molar-refractivity contribution in [2.24, 2.45) is 0 Å². The number of ether oxygens (including phenoxy) is 2. The van der Waals surface area contributed by atoms with Crippen molar-refractivity contribution in [3.8, 4) is 0 Å². The Balaban J connectivity index is 2.85. The van der Waals surface area contributed by atoms with Crippen molar-refractivity contribution in [2.45, 2.75) is 45.9 Å². The largest absolute Gasteiger partial charge is 0.478 e. The van der Waals surface area contributed by atoms with Gasteiger partial charge in [0.05, 0.1) is 35.3 Å². The molecule has 32 heavy (non-hydrogen) atoms. The van der Waals surface area contributed by atoms with E-state index < -0.39 is 52.7 Å². The van der Waals surface area contributed by atoms with E-state index in [1.807, 2.05) is 0 Å². The SMILES string of the molecule is COCCN1C(C)=C(C(=O)O)C(c2cccc(C(F)(F)F)c2F)C(C(=O)OC(C)C)=C1C. The van der Waals surface area contributed by atoms with E-state index in [-0.39, 0.29) is 30.1 Å². The second-order valence-electron chi connectivity index (χ2n) is 7.54. The van der Waals surface area contributed by atoms with Crippen LogP contribution in [-0.2, 0) is 25.2 Å². The third-order valence-electron chi connectivity index (χ3n) is 5.12. The third kappa shape index (κ3) is 4.95. The molecule has 1 N–H and O–H groups in total. The Kier molecular flexibility index (Phi) is 7.71. The van der Waals surface area contributed by atoms with Crippen LogP contribution in [0.15, 0.2) is 40.7 Å². The van der Waals surface area contributed by atoms with Gasteiger partial charge in [0.15, 0.2) is 0 Å². The zero-order valence-corrected chi connectivity index (χ0v) is 18.3. The quantitative estimate of drug-likeness (QED) is 0.479. The number of aliphatic carboxylic acids is 1. The number of hydrogen-bond donors (Lipinski definition) is 1. The fraction of sp³-hybridized carbons (Fsp3) is 0.455. The van der Waals surface area contributed by atoms with E-state index in [1.54, 1.807) is 13.8 Å². The molecule has 0 fully saturated rings. The highest BCUT2D eigenvalue weighted by atomic mass is 19.4. The summed E-state index contributed by atoms with van der Waals surface area (Å²) in [7, 11) is 1.44. The minimum absolute atomic E-state index is 0.162. The van der Waals surface area contributed by atoms with Crippen LogP contribution in [0.4, 0.5) is 17.6 Å². The van der Waals surface area contributed by atoms with E-state index in [2.05, 4.69) is 0 Å². The maximum atomic E-state index is 15.1. The van der Waals surface area contributed by atoms with Crippen molar-refractivity contribution in [1.29, 1.82) is 0 Å². The lowest BCUT2D eigenvalue weighted by molar-refractivity contribution is -0.143. The molecule has 0 aliphatic carbocycles. The van der Waals surface area contributed by atoms with Crippen molar-refractivity contribution >= 4 is 11.9 Å². The van der Waals surface area contributed by atoms with Gasteiger partial charge in [-0.25, -0.2) is 14.0 Å². The van der Waals surface area contributed by atoms with Gasteiger partial charge in [-0.1, -0.05) is 12.1 Å². The summed E-state index contributed by atoms with van der Waals surface area (Å²) in [6.07, 6.45) is -5.60. The van der Waals surface area contributed by atoms with E-state index in [0.29, 0.717) is 6.07 Å². The van der Waals surface area contributed by atoms with Crippen LogP contribution in [0.5, 0.6) is 0 Å². The number of rotatable bonds is 7. The van der Waals surface area contributed by atoms with Crippen molar-refractivity contribution in [3.05, 3.63) is 57.7 Å². The summed E-state index contributed by atoms with van der Waals surface area (Å²) in [6, 6.07) is 2.59. The molecular weight excluding hydrogens is 434 g/mol. The van der Waals surface area contributed by atoms with Gasteiger partial charge >= 0.3 is 18.1 Å². The van der Waals surface area contributed by atoms with Crippen LogP contribution in [0.3, 0.4) is 0 Å². The first-order valence-corrected chi connectivity index (χ1v) is 9.80. The summed E-state index contributed by atoms with van der Waals surface area (Å²) < 4.78 is 65.4. The molecule has 1 aromatic carbocycles. The molecule has 1 atom stereocenters. The first-order valence-electron chi connectivity index (χ1n) is 9.80. The fourth-order valence-electron chi connectivity index (χ4n) is 3.75. The summed E-state index contributed by atoms with van der Waals surface area (Å²) in [5.41, 5.74) is -2.37. The third-order valence-corrected chi connectivity index (χ3v) is 5.12. The van der Waals surface area contributed by atoms with Gasteiger partial charge in [0.2, 0.25) is 0 Å². The summed E-state index contributed by atoms with van der Waals surface area (Å²) in [5, 5.41) is 9.94. The lowest BCUT2D eigenvalue weighted by Gasteiger charge is -2.37. The first kappa shape index (κ1) is 25.4. The molecule has 1 aliphatic heterocycles. The predicted molar refractivity (Wildman–Crippen MR) is 107 cm³/mol. The molecule has 0 radical (unpaired) electrons. The number of carbonyl (C=O) groups excluding carboxylic acids is 1. The van der Waals surface area contributed by atoms with E-state index >= 15 is 4.39 Å². The van der Waals surface area contributed by atoms with Gasteiger partial charge in [-0.3, -0.25) is 0 Å². The van der Waals surface area contributed by atoms with Crippen LogP contribution in [0.1, 0.15) is 44.7 Å². The lowest BCUT2D eigenvalue weighted by Crippen LogP contribution is -2.37. The minimum atomic E-state index is -5.00. The highest BCUT2D eigenvalue weighted by Gasteiger charge is 2.43. The first-order chi connectivity index (χ1) is 14.8. The van der Waals surface area contributed by atoms with E-state index in [0.717, 1.165) is 12.1 Å². The Morgan fingerprint density at radius 3 is 2.25 bits per heavy atom. The molecule has 0 aromatic heterocycles. The molecule has 1 aromatic rings. The minimum Gasteiger partial charge on any atom is -0.478 e. The van der Waals surface area contributed by atoms with E-state index in [1.165, 1.54) is 25.9 Å². The molecule has 1 unspecified atom stereocenters. The fourth-order valence-corrected chi connectivity index (χ4v) is 3.75. The number of nitrogens with zero attached hydrogens (tertiary/aromatic N) is 1. The van der Waals surface area contributed by atoms with Crippen LogP contribution >= 0.6 is 0 Å². The van der Waals surface area contributed by atoms with Gasteiger partial charge in [-0.2, -0.15) is 13.2 Å². The Hall–Kier alpha value is -2.88. The van der Waals surface area contributed by atoms with Crippen LogP contribution in [0.2, 0.25) is 0 Å². The second kappa shape index (κ2) is 9.72. The molecule has 10 heteroatoms. The molecule has 176 valence electrons. The molecule has 0 saturated heterocycles. The van der Waals surface area contributed by atoms with Crippen LogP contribution in [0.25, 0.3) is 0 Å².